The predicted molar refractivity (Wildman–Crippen MR) is 92.4 cm³/mol. The number of benzene rings is 2. The van der Waals surface area contributed by atoms with Gasteiger partial charge in [0, 0.05) is 18.9 Å². The molecule has 1 saturated heterocycles. The fourth-order valence-corrected chi connectivity index (χ4v) is 2.78. The van der Waals surface area contributed by atoms with Crippen molar-refractivity contribution in [1.82, 2.24) is 0 Å². The molecule has 1 fully saturated rings. The van der Waals surface area contributed by atoms with Crippen LogP contribution in [0.5, 0.6) is 0 Å². The summed E-state index contributed by atoms with van der Waals surface area (Å²) in [4.78, 5) is 24.1. The minimum atomic E-state index is -0.778. The van der Waals surface area contributed by atoms with Gasteiger partial charge in [0.05, 0.1) is 11.1 Å². The van der Waals surface area contributed by atoms with Crippen molar-refractivity contribution < 1.29 is 28.9 Å². The first-order chi connectivity index (χ1) is 12.7. The van der Waals surface area contributed by atoms with Crippen molar-refractivity contribution in [2.75, 3.05) is 13.2 Å². The third kappa shape index (κ3) is 4.47. The number of hydrogen-bond acceptors (Lipinski definition) is 6. The zero-order valence-electron chi connectivity index (χ0n) is 14.1. The van der Waals surface area contributed by atoms with Crippen molar-refractivity contribution in [3.8, 4) is 0 Å². The third-order valence-corrected chi connectivity index (χ3v) is 4.22. The Hall–Kier alpha value is -2.70. The Balaban J connectivity index is 1.54. The first-order valence-corrected chi connectivity index (χ1v) is 8.42. The summed E-state index contributed by atoms with van der Waals surface area (Å²) in [5.41, 5.74) is 0.869. The van der Waals surface area contributed by atoms with Gasteiger partial charge < -0.3 is 19.3 Å². The molecule has 3 rings (SSSR count). The van der Waals surface area contributed by atoms with E-state index in [4.69, 9.17) is 14.2 Å². The summed E-state index contributed by atoms with van der Waals surface area (Å²) in [6.45, 7) is -0.161. The molecule has 26 heavy (non-hydrogen) atoms. The molecule has 0 saturated carbocycles. The standard InChI is InChI=1S/C20H20O6/c21-12-16-11-18(26-20(23)15-9-5-2-6-10-15)25-17(16)13-24-19(22)14-7-3-1-4-8-14/h1-10,16-18,21H,11-13H2/t16-,17-,18?/m1/s1. The number of aliphatic hydroxyl groups is 1. The van der Waals surface area contributed by atoms with Gasteiger partial charge in [-0.25, -0.2) is 9.59 Å². The minimum Gasteiger partial charge on any atom is -0.459 e. The summed E-state index contributed by atoms with van der Waals surface area (Å²) >= 11 is 0. The number of rotatable bonds is 6. The summed E-state index contributed by atoms with van der Waals surface area (Å²) < 4.78 is 16.3. The molecular weight excluding hydrogens is 336 g/mol. The SMILES string of the molecule is O=C(OC[C@H]1OC(OC(=O)c2ccccc2)C[C@@H]1CO)c1ccccc1. The van der Waals surface area contributed by atoms with E-state index < -0.39 is 24.3 Å². The summed E-state index contributed by atoms with van der Waals surface area (Å²) in [5, 5.41) is 9.53. The summed E-state index contributed by atoms with van der Waals surface area (Å²) in [7, 11) is 0. The maximum atomic E-state index is 12.1. The smallest absolute Gasteiger partial charge is 0.340 e. The quantitative estimate of drug-likeness (QED) is 0.801. The lowest BCUT2D eigenvalue weighted by atomic mass is 10.0. The van der Waals surface area contributed by atoms with Gasteiger partial charge in [-0.1, -0.05) is 36.4 Å². The molecule has 2 aromatic rings. The topological polar surface area (TPSA) is 82.1 Å². The minimum absolute atomic E-state index is 0.0155. The lowest BCUT2D eigenvalue weighted by molar-refractivity contribution is -0.115. The molecule has 136 valence electrons. The highest BCUT2D eigenvalue weighted by Crippen LogP contribution is 2.28. The second kappa shape index (κ2) is 8.60. The van der Waals surface area contributed by atoms with Crippen molar-refractivity contribution in [2.45, 2.75) is 18.8 Å². The summed E-state index contributed by atoms with van der Waals surface area (Å²) in [6, 6.07) is 17.2. The third-order valence-electron chi connectivity index (χ3n) is 4.22. The molecule has 0 aromatic heterocycles. The first-order valence-electron chi connectivity index (χ1n) is 8.42. The maximum absolute atomic E-state index is 12.1. The van der Waals surface area contributed by atoms with Crippen LogP contribution in [0.1, 0.15) is 27.1 Å². The Kier molecular flexibility index (Phi) is 5.99. The van der Waals surface area contributed by atoms with Crippen molar-refractivity contribution in [2.24, 2.45) is 5.92 Å². The van der Waals surface area contributed by atoms with Gasteiger partial charge in [-0.15, -0.1) is 0 Å². The molecule has 1 aliphatic heterocycles. The van der Waals surface area contributed by atoms with Crippen LogP contribution < -0.4 is 0 Å². The van der Waals surface area contributed by atoms with Crippen LogP contribution in [0.15, 0.2) is 60.7 Å². The molecule has 1 aliphatic rings. The highest BCUT2D eigenvalue weighted by molar-refractivity contribution is 5.89. The Bertz CT molecular complexity index is 730. The molecule has 2 aromatic carbocycles. The molecule has 6 nitrogen and oxygen atoms in total. The Morgan fingerprint density at radius 1 is 0.962 bits per heavy atom. The zero-order chi connectivity index (χ0) is 18.4. The summed E-state index contributed by atoms with van der Waals surface area (Å²) in [5.74, 6) is -1.23. The average molecular weight is 356 g/mol. The fraction of sp³-hybridized carbons (Fsp3) is 0.300. The molecule has 0 radical (unpaired) electrons. The highest BCUT2D eigenvalue weighted by Gasteiger charge is 2.38. The summed E-state index contributed by atoms with van der Waals surface area (Å²) in [6.07, 6.45) is -0.954. The van der Waals surface area contributed by atoms with Gasteiger partial charge in [-0.05, 0) is 24.3 Å². The predicted octanol–water partition coefficient (Wildman–Crippen LogP) is 2.42. The van der Waals surface area contributed by atoms with E-state index in [1.54, 1.807) is 48.5 Å². The average Bonchev–Trinajstić information content (AvgIpc) is 3.09. The molecule has 0 spiro atoms. The Morgan fingerprint density at radius 2 is 1.54 bits per heavy atom. The van der Waals surface area contributed by atoms with Gasteiger partial charge in [0.15, 0.2) is 0 Å². The van der Waals surface area contributed by atoms with E-state index in [2.05, 4.69) is 0 Å². The van der Waals surface area contributed by atoms with Crippen LogP contribution in [0.4, 0.5) is 0 Å². The number of carbonyl (C=O) groups excluding carboxylic acids is 2. The van der Waals surface area contributed by atoms with E-state index in [0.717, 1.165) is 0 Å². The van der Waals surface area contributed by atoms with E-state index in [0.29, 0.717) is 17.5 Å². The molecule has 3 atom stereocenters. The second-order valence-electron chi connectivity index (χ2n) is 6.02. The molecule has 0 aliphatic carbocycles. The van der Waals surface area contributed by atoms with Crippen LogP contribution in [0, 0.1) is 5.92 Å². The van der Waals surface area contributed by atoms with Crippen LogP contribution in [0.25, 0.3) is 0 Å². The lowest BCUT2D eigenvalue weighted by Crippen LogP contribution is -2.27. The number of hydrogen-bond donors (Lipinski definition) is 1. The van der Waals surface area contributed by atoms with Crippen LogP contribution in [0.2, 0.25) is 0 Å². The number of carbonyl (C=O) groups is 2. The molecule has 1 N–H and O–H groups in total. The Labute approximate surface area is 151 Å². The fourth-order valence-electron chi connectivity index (χ4n) is 2.78. The van der Waals surface area contributed by atoms with E-state index in [1.165, 1.54) is 0 Å². The van der Waals surface area contributed by atoms with Crippen molar-refractivity contribution in [3.63, 3.8) is 0 Å². The van der Waals surface area contributed by atoms with E-state index in [-0.39, 0.29) is 19.1 Å². The van der Waals surface area contributed by atoms with Crippen molar-refractivity contribution in [3.05, 3.63) is 71.8 Å². The zero-order valence-corrected chi connectivity index (χ0v) is 14.1. The molecule has 0 amide bonds. The monoisotopic (exact) mass is 356 g/mol. The Morgan fingerprint density at radius 3 is 2.12 bits per heavy atom. The van der Waals surface area contributed by atoms with Gasteiger partial charge in [0.2, 0.25) is 6.29 Å². The number of ether oxygens (including phenoxy) is 3. The molecular formula is C20H20O6. The second-order valence-corrected chi connectivity index (χ2v) is 6.02. The molecule has 0 bridgehead atoms. The van der Waals surface area contributed by atoms with Gasteiger partial charge in [0.25, 0.3) is 0 Å². The normalized spacial score (nSPS) is 22.0. The van der Waals surface area contributed by atoms with Crippen LogP contribution in [0.3, 0.4) is 0 Å². The van der Waals surface area contributed by atoms with Gasteiger partial charge in [-0.2, -0.15) is 0 Å². The van der Waals surface area contributed by atoms with Crippen LogP contribution >= 0.6 is 0 Å². The number of aliphatic hydroxyl groups excluding tert-OH is 1. The molecule has 6 heteroatoms. The lowest BCUT2D eigenvalue weighted by Gasteiger charge is -2.16. The van der Waals surface area contributed by atoms with E-state index >= 15 is 0 Å². The first kappa shape index (κ1) is 18.1. The van der Waals surface area contributed by atoms with Gasteiger partial charge >= 0.3 is 11.9 Å². The number of esters is 2. The highest BCUT2D eigenvalue weighted by atomic mass is 16.7. The van der Waals surface area contributed by atoms with E-state index in [1.807, 2.05) is 12.1 Å². The van der Waals surface area contributed by atoms with Crippen LogP contribution in [-0.4, -0.2) is 42.7 Å². The molecule has 1 unspecified atom stereocenters. The van der Waals surface area contributed by atoms with Gasteiger partial charge in [-0.3, -0.25) is 0 Å². The van der Waals surface area contributed by atoms with Crippen molar-refractivity contribution in [1.29, 1.82) is 0 Å². The largest absolute Gasteiger partial charge is 0.459 e. The van der Waals surface area contributed by atoms with E-state index in [9.17, 15) is 14.7 Å². The maximum Gasteiger partial charge on any atom is 0.340 e. The van der Waals surface area contributed by atoms with Crippen LogP contribution in [-0.2, 0) is 14.2 Å². The van der Waals surface area contributed by atoms with Crippen molar-refractivity contribution >= 4 is 11.9 Å². The molecule has 1 heterocycles. The van der Waals surface area contributed by atoms with Gasteiger partial charge in [0.1, 0.15) is 12.7 Å².